The average Bonchev–Trinajstić information content (AvgIpc) is 2.67. The largest absolute Gasteiger partial charge is 0.484 e. The second-order valence-electron chi connectivity index (χ2n) is 5.79. The van der Waals surface area contributed by atoms with Gasteiger partial charge in [-0.3, -0.25) is 4.79 Å². The second-order valence-corrected chi connectivity index (χ2v) is 7.93. The molecule has 1 aliphatic heterocycles. The number of anilines is 1. The highest BCUT2D eigenvalue weighted by Crippen LogP contribution is 2.20. The van der Waals surface area contributed by atoms with Gasteiger partial charge in [-0.15, -0.1) is 0 Å². The van der Waals surface area contributed by atoms with Crippen LogP contribution in [-0.4, -0.2) is 37.1 Å². The third-order valence-electron chi connectivity index (χ3n) is 3.99. The SMILES string of the molecule is O=C(COc1ccc(Br)cc1)NCc1ccc(N2CCSCC2)cc1. The Balaban J connectivity index is 1.43. The van der Waals surface area contributed by atoms with E-state index in [9.17, 15) is 4.79 Å². The summed E-state index contributed by atoms with van der Waals surface area (Å²) in [7, 11) is 0. The first kappa shape index (κ1) is 18.1. The topological polar surface area (TPSA) is 41.6 Å². The van der Waals surface area contributed by atoms with E-state index >= 15 is 0 Å². The summed E-state index contributed by atoms with van der Waals surface area (Å²) in [6.45, 7) is 2.74. The Morgan fingerprint density at radius 2 is 1.76 bits per heavy atom. The molecule has 1 aliphatic rings. The molecule has 1 amide bonds. The van der Waals surface area contributed by atoms with E-state index in [0.29, 0.717) is 12.3 Å². The highest BCUT2D eigenvalue weighted by molar-refractivity contribution is 9.10. The first-order valence-corrected chi connectivity index (χ1v) is 10.2. The fourth-order valence-electron chi connectivity index (χ4n) is 2.58. The molecule has 4 nitrogen and oxygen atoms in total. The first-order valence-electron chi connectivity index (χ1n) is 8.27. The van der Waals surface area contributed by atoms with Crippen molar-refractivity contribution in [3.8, 4) is 5.75 Å². The molecule has 2 aromatic rings. The molecular formula is C19H21BrN2O2S. The van der Waals surface area contributed by atoms with Crippen LogP contribution in [0.15, 0.2) is 53.0 Å². The van der Waals surface area contributed by atoms with Crippen LogP contribution < -0.4 is 15.0 Å². The summed E-state index contributed by atoms with van der Waals surface area (Å²) in [6.07, 6.45) is 0. The summed E-state index contributed by atoms with van der Waals surface area (Å²) in [5, 5.41) is 2.89. The van der Waals surface area contributed by atoms with Crippen LogP contribution in [0, 0.1) is 0 Å². The van der Waals surface area contributed by atoms with E-state index in [-0.39, 0.29) is 12.5 Å². The lowest BCUT2D eigenvalue weighted by Gasteiger charge is -2.28. The predicted molar refractivity (Wildman–Crippen MR) is 107 cm³/mol. The highest BCUT2D eigenvalue weighted by Gasteiger charge is 2.11. The number of amides is 1. The van der Waals surface area contributed by atoms with Crippen molar-refractivity contribution in [2.24, 2.45) is 0 Å². The summed E-state index contributed by atoms with van der Waals surface area (Å²) in [5.41, 5.74) is 2.35. The summed E-state index contributed by atoms with van der Waals surface area (Å²) >= 11 is 5.38. The molecule has 0 unspecified atom stereocenters. The van der Waals surface area contributed by atoms with Crippen molar-refractivity contribution in [3.05, 3.63) is 58.6 Å². The maximum atomic E-state index is 11.9. The average molecular weight is 421 g/mol. The summed E-state index contributed by atoms with van der Waals surface area (Å²) in [4.78, 5) is 14.3. The van der Waals surface area contributed by atoms with Gasteiger partial charge in [0.1, 0.15) is 5.75 Å². The number of thioether (sulfide) groups is 1. The van der Waals surface area contributed by atoms with Crippen LogP contribution in [0.25, 0.3) is 0 Å². The lowest BCUT2D eigenvalue weighted by molar-refractivity contribution is -0.123. The standard InChI is InChI=1S/C19H21BrN2O2S/c20-16-3-7-18(8-4-16)24-14-19(23)21-13-15-1-5-17(6-2-15)22-9-11-25-12-10-22/h1-8H,9-14H2,(H,21,23). The number of ether oxygens (including phenoxy) is 1. The van der Waals surface area contributed by atoms with Crippen molar-refractivity contribution in [2.45, 2.75) is 6.54 Å². The number of nitrogens with one attached hydrogen (secondary N) is 1. The molecule has 1 fully saturated rings. The third-order valence-corrected chi connectivity index (χ3v) is 5.46. The Bertz CT molecular complexity index is 686. The van der Waals surface area contributed by atoms with Crippen molar-refractivity contribution >= 4 is 39.3 Å². The third kappa shape index (κ3) is 5.68. The monoisotopic (exact) mass is 420 g/mol. The zero-order valence-corrected chi connectivity index (χ0v) is 16.3. The molecule has 0 aromatic heterocycles. The number of nitrogens with zero attached hydrogens (tertiary/aromatic N) is 1. The van der Waals surface area contributed by atoms with Gasteiger partial charge >= 0.3 is 0 Å². The fraction of sp³-hybridized carbons (Fsp3) is 0.316. The number of carbonyl (C=O) groups is 1. The second kappa shape index (κ2) is 9.15. The number of hydrogen-bond acceptors (Lipinski definition) is 4. The maximum absolute atomic E-state index is 11.9. The van der Waals surface area contributed by atoms with Crippen LogP contribution in [0.4, 0.5) is 5.69 Å². The minimum Gasteiger partial charge on any atom is -0.484 e. The quantitative estimate of drug-likeness (QED) is 0.773. The van der Waals surface area contributed by atoms with Crippen LogP contribution in [0.1, 0.15) is 5.56 Å². The van der Waals surface area contributed by atoms with E-state index in [1.54, 1.807) is 0 Å². The Hall–Kier alpha value is -1.66. The van der Waals surface area contributed by atoms with E-state index in [0.717, 1.165) is 23.1 Å². The van der Waals surface area contributed by atoms with Gasteiger partial charge in [0, 0.05) is 41.3 Å². The Kier molecular flexibility index (Phi) is 6.64. The van der Waals surface area contributed by atoms with Crippen LogP contribution in [0.3, 0.4) is 0 Å². The summed E-state index contributed by atoms with van der Waals surface area (Å²) in [5.74, 6) is 2.94. The molecule has 25 heavy (non-hydrogen) atoms. The van der Waals surface area contributed by atoms with Gasteiger partial charge in [-0.2, -0.15) is 11.8 Å². The van der Waals surface area contributed by atoms with Crippen molar-refractivity contribution < 1.29 is 9.53 Å². The smallest absolute Gasteiger partial charge is 0.258 e. The number of hydrogen-bond donors (Lipinski definition) is 1. The molecule has 3 rings (SSSR count). The van der Waals surface area contributed by atoms with Crippen molar-refractivity contribution in [1.82, 2.24) is 5.32 Å². The number of rotatable bonds is 6. The van der Waals surface area contributed by atoms with Gasteiger partial charge in [0.15, 0.2) is 6.61 Å². The van der Waals surface area contributed by atoms with E-state index in [2.05, 4.69) is 50.4 Å². The molecule has 2 aromatic carbocycles. The molecule has 0 saturated carbocycles. The van der Waals surface area contributed by atoms with Crippen molar-refractivity contribution in [1.29, 1.82) is 0 Å². The molecule has 132 valence electrons. The molecule has 1 saturated heterocycles. The molecule has 0 radical (unpaired) electrons. The normalized spacial score (nSPS) is 14.2. The van der Waals surface area contributed by atoms with Gasteiger partial charge in [-0.25, -0.2) is 0 Å². The molecule has 0 bridgehead atoms. The predicted octanol–water partition coefficient (Wildman–Crippen LogP) is 3.70. The van der Waals surface area contributed by atoms with Crippen LogP contribution in [-0.2, 0) is 11.3 Å². The van der Waals surface area contributed by atoms with Crippen LogP contribution in [0.2, 0.25) is 0 Å². The zero-order valence-electron chi connectivity index (χ0n) is 13.9. The van der Waals surface area contributed by atoms with Gasteiger partial charge in [-0.1, -0.05) is 28.1 Å². The lowest BCUT2D eigenvalue weighted by Crippen LogP contribution is -2.32. The van der Waals surface area contributed by atoms with Gasteiger partial charge in [-0.05, 0) is 42.0 Å². The molecule has 0 spiro atoms. The van der Waals surface area contributed by atoms with Gasteiger partial charge < -0.3 is 15.0 Å². The summed E-state index contributed by atoms with van der Waals surface area (Å²) in [6, 6.07) is 15.8. The Labute approximate surface area is 161 Å². The molecule has 6 heteroatoms. The van der Waals surface area contributed by atoms with Crippen molar-refractivity contribution in [2.75, 3.05) is 36.1 Å². The maximum Gasteiger partial charge on any atom is 0.258 e. The minimum atomic E-state index is -0.125. The lowest BCUT2D eigenvalue weighted by atomic mass is 10.2. The molecule has 0 atom stereocenters. The highest BCUT2D eigenvalue weighted by atomic mass is 79.9. The first-order chi connectivity index (χ1) is 12.2. The van der Waals surface area contributed by atoms with E-state index in [1.807, 2.05) is 36.0 Å². The summed E-state index contributed by atoms with van der Waals surface area (Å²) < 4.78 is 6.45. The molecule has 1 heterocycles. The molecule has 0 aliphatic carbocycles. The van der Waals surface area contributed by atoms with Gasteiger partial charge in [0.25, 0.3) is 5.91 Å². The van der Waals surface area contributed by atoms with Gasteiger partial charge in [0.2, 0.25) is 0 Å². The Morgan fingerprint density at radius 1 is 1.08 bits per heavy atom. The molecule has 1 N–H and O–H groups in total. The van der Waals surface area contributed by atoms with Crippen LogP contribution >= 0.6 is 27.7 Å². The minimum absolute atomic E-state index is 0.0190. The van der Waals surface area contributed by atoms with Gasteiger partial charge in [0.05, 0.1) is 0 Å². The molecular weight excluding hydrogens is 400 g/mol. The fourth-order valence-corrected chi connectivity index (χ4v) is 3.74. The van der Waals surface area contributed by atoms with E-state index in [4.69, 9.17) is 4.74 Å². The van der Waals surface area contributed by atoms with Crippen LogP contribution in [0.5, 0.6) is 5.75 Å². The number of halogens is 1. The van der Waals surface area contributed by atoms with E-state index in [1.165, 1.54) is 17.2 Å². The zero-order chi connectivity index (χ0) is 17.5. The number of carbonyl (C=O) groups excluding carboxylic acids is 1. The van der Waals surface area contributed by atoms with E-state index < -0.39 is 0 Å². The number of benzene rings is 2. The van der Waals surface area contributed by atoms with Crippen molar-refractivity contribution in [3.63, 3.8) is 0 Å². The Morgan fingerprint density at radius 3 is 2.44 bits per heavy atom.